The van der Waals surface area contributed by atoms with Gasteiger partial charge in [-0.05, 0) is 37.0 Å². The van der Waals surface area contributed by atoms with Gasteiger partial charge in [-0.2, -0.15) is 0 Å². The fraction of sp³-hybridized carbons (Fsp3) is 0.421. The lowest BCUT2D eigenvalue weighted by molar-refractivity contribution is 0.572. The Balaban J connectivity index is 2.04. The first-order chi connectivity index (χ1) is 11.2. The van der Waals surface area contributed by atoms with Crippen molar-refractivity contribution in [1.29, 1.82) is 0 Å². The van der Waals surface area contributed by atoms with Gasteiger partial charge in [0.05, 0.1) is 17.4 Å². The van der Waals surface area contributed by atoms with Crippen LogP contribution in [-0.2, 0) is 12.8 Å². The number of hydrogen-bond acceptors (Lipinski definition) is 4. The fourth-order valence-electron chi connectivity index (χ4n) is 2.71. The van der Waals surface area contributed by atoms with Gasteiger partial charge in [-0.3, -0.25) is 0 Å². The molecule has 0 saturated carbocycles. The Kier molecular flexibility index (Phi) is 4.70. The lowest BCUT2D eigenvalue weighted by Gasteiger charge is -2.10. The quantitative estimate of drug-likeness (QED) is 0.654. The Bertz CT molecular complexity index is 779. The average molecular weight is 309 g/mol. The van der Waals surface area contributed by atoms with Gasteiger partial charge in [0.1, 0.15) is 5.82 Å². The molecular weight excluding hydrogens is 286 g/mol. The minimum Gasteiger partial charge on any atom is -0.444 e. The van der Waals surface area contributed by atoms with Crippen molar-refractivity contribution >= 4 is 10.9 Å². The molecule has 0 spiro atoms. The van der Waals surface area contributed by atoms with E-state index in [1.54, 1.807) is 6.20 Å². The molecule has 0 fully saturated rings. The van der Waals surface area contributed by atoms with Gasteiger partial charge in [-0.15, -0.1) is 0 Å². The van der Waals surface area contributed by atoms with Crippen LogP contribution in [0, 0.1) is 5.92 Å². The summed E-state index contributed by atoms with van der Waals surface area (Å²) < 4.78 is 5.41. The summed E-state index contributed by atoms with van der Waals surface area (Å²) >= 11 is 0. The smallest absolute Gasteiger partial charge is 0.181 e. The van der Waals surface area contributed by atoms with Crippen LogP contribution in [0.4, 0.5) is 0 Å². The van der Waals surface area contributed by atoms with Crippen LogP contribution in [-0.4, -0.2) is 15.0 Å². The van der Waals surface area contributed by atoms with Crippen molar-refractivity contribution in [3.05, 3.63) is 42.3 Å². The molecule has 3 rings (SSSR count). The van der Waals surface area contributed by atoms with Crippen LogP contribution in [0.3, 0.4) is 0 Å². The van der Waals surface area contributed by atoms with Gasteiger partial charge in [-0.1, -0.05) is 27.2 Å². The standard InChI is InChI=1S/C19H23N3O/c1-4-5-16-15-10-14(18-11-20-12-23-18)7-8-17(15)22-19(21-16)9-6-13(2)3/h7-8,10-13H,4-6,9H2,1-3H3. The second-order valence-corrected chi connectivity index (χ2v) is 6.37. The zero-order valence-corrected chi connectivity index (χ0v) is 14.0. The summed E-state index contributed by atoms with van der Waals surface area (Å²) in [7, 11) is 0. The SMILES string of the molecule is CCCc1nc(CCC(C)C)nc2ccc(-c3cnco3)cc12. The van der Waals surface area contributed by atoms with Crippen LogP contribution in [0.5, 0.6) is 0 Å². The minimum atomic E-state index is 0.665. The summed E-state index contributed by atoms with van der Waals surface area (Å²) in [5.41, 5.74) is 3.17. The topological polar surface area (TPSA) is 51.8 Å². The van der Waals surface area contributed by atoms with Crippen molar-refractivity contribution in [2.45, 2.75) is 46.5 Å². The number of aryl methyl sites for hydroxylation is 2. The fourth-order valence-corrected chi connectivity index (χ4v) is 2.71. The summed E-state index contributed by atoms with van der Waals surface area (Å²) in [5.74, 6) is 2.40. The highest BCUT2D eigenvalue weighted by atomic mass is 16.3. The maximum absolute atomic E-state index is 5.41. The molecule has 2 aromatic heterocycles. The Morgan fingerprint density at radius 1 is 1.13 bits per heavy atom. The monoisotopic (exact) mass is 309 g/mol. The summed E-state index contributed by atoms with van der Waals surface area (Å²) in [5, 5.41) is 1.12. The highest BCUT2D eigenvalue weighted by Crippen LogP contribution is 2.26. The Morgan fingerprint density at radius 2 is 2.00 bits per heavy atom. The van der Waals surface area contributed by atoms with Gasteiger partial charge >= 0.3 is 0 Å². The maximum Gasteiger partial charge on any atom is 0.181 e. The highest BCUT2D eigenvalue weighted by molar-refractivity contribution is 5.85. The van der Waals surface area contributed by atoms with Gasteiger partial charge in [0.2, 0.25) is 0 Å². The van der Waals surface area contributed by atoms with E-state index in [0.29, 0.717) is 5.92 Å². The molecule has 0 unspecified atom stereocenters. The van der Waals surface area contributed by atoms with E-state index in [-0.39, 0.29) is 0 Å². The Hall–Kier alpha value is -2.23. The molecule has 0 aliphatic rings. The predicted molar refractivity (Wildman–Crippen MR) is 92.2 cm³/mol. The van der Waals surface area contributed by atoms with E-state index in [2.05, 4.69) is 37.9 Å². The average Bonchev–Trinajstić information content (AvgIpc) is 3.07. The van der Waals surface area contributed by atoms with Gasteiger partial charge in [0.25, 0.3) is 0 Å². The van der Waals surface area contributed by atoms with Crippen LogP contribution in [0.15, 0.2) is 35.2 Å². The number of fused-ring (bicyclic) bond motifs is 1. The second kappa shape index (κ2) is 6.90. The second-order valence-electron chi connectivity index (χ2n) is 6.37. The van der Waals surface area contributed by atoms with Crippen molar-refractivity contribution in [3.63, 3.8) is 0 Å². The highest BCUT2D eigenvalue weighted by Gasteiger charge is 2.10. The van der Waals surface area contributed by atoms with E-state index < -0.39 is 0 Å². The zero-order valence-electron chi connectivity index (χ0n) is 14.0. The third kappa shape index (κ3) is 3.58. The van der Waals surface area contributed by atoms with E-state index in [0.717, 1.165) is 59.4 Å². The predicted octanol–water partition coefficient (Wildman–Crippen LogP) is 4.83. The summed E-state index contributed by atoms with van der Waals surface area (Å²) in [6, 6.07) is 6.22. The molecule has 120 valence electrons. The van der Waals surface area contributed by atoms with E-state index in [1.165, 1.54) is 6.39 Å². The van der Waals surface area contributed by atoms with E-state index in [1.807, 2.05) is 6.07 Å². The first kappa shape index (κ1) is 15.7. The Labute approximate surface area is 137 Å². The van der Waals surface area contributed by atoms with Gasteiger partial charge in [0, 0.05) is 17.4 Å². The number of rotatable bonds is 6. The molecule has 0 amide bonds. The summed E-state index contributed by atoms with van der Waals surface area (Å²) in [6.45, 7) is 6.65. The van der Waals surface area contributed by atoms with Crippen molar-refractivity contribution in [2.24, 2.45) is 5.92 Å². The number of hydrogen-bond donors (Lipinski definition) is 0. The van der Waals surface area contributed by atoms with Gasteiger partial charge in [0.15, 0.2) is 12.2 Å². The summed E-state index contributed by atoms with van der Waals surface area (Å²) in [6.07, 6.45) is 7.29. The molecule has 0 aliphatic heterocycles. The lowest BCUT2D eigenvalue weighted by Crippen LogP contribution is -2.03. The zero-order chi connectivity index (χ0) is 16.2. The normalized spacial score (nSPS) is 11.5. The van der Waals surface area contributed by atoms with Gasteiger partial charge in [-0.25, -0.2) is 15.0 Å². The van der Waals surface area contributed by atoms with E-state index >= 15 is 0 Å². The Morgan fingerprint density at radius 3 is 2.70 bits per heavy atom. The molecule has 0 aliphatic carbocycles. The van der Waals surface area contributed by atoms with Crippen LogP contribution in [0.25, 0.3) is 22.2 Å². The van der Waals surface area contributed by atoms with Gasteiger partial charge < -0.3 is 4.42 Å². The number of nitrogens with zero attached hydrogens (tertiary/aromatic N) is 3. The van der Waals surface area contributed by atoms with Crippen LogP contribution < -0.4 is 0 Å². The number of oxazole rings is 1. The van der Waals surface area contributed by atoms with Crippen molar-refractivity contribution in [3.8, 4) is 11.3 Å². The third-order valence-electron chi connectivity index (χ3n) is 3.97. The molecular formula is C19H23N3O. The van der Waals surface area contributed by atoms with Crippen LogP contribution in [0.2, 0.25) is 0 Å². The number of benzene rings is 1. The molecule has 4 heteroatoms. The molecule has 1 aromatic carbocycles. The third-order valence-corrected chi connectivity index (χ3v) is 3.97. The molecule has 0 saturated heterocycles. The van der Waals surface area contributed by atoms with Crippen LogP contribution >= 0.6 is 0 Å². The molecule has 0 radical (unpaired) electrons. The number of aromatic nitrogens is 3. The van der Waals surface area contributed by atoms with E-state index in [9.17, 15) is 0 Å². The lowest BCUT2D eigenvalue weighted by atomic mass is 10.0. The van der Waals surface area contributed by atoms with Crippen molar-refractivity contribution in [1.82, 2.24) is 15.0 Å². The van der Waals surface area contributed by atoms with Crippen molar-refractivity contribution in [2.75, 3.05) is 0 Å². The largest absolute Gasteiger partial charge is 0.444 e. The minimum absolute atomic E-state index is 0.665. The molecule has 2 heterocycles. The van der Waals surface area contributed by atoms with E-state index in [4.69, 9.17) is 14.4 Å². The maximum atomic E-state index is 5.41. The first-order valence-corrected chi connectivity index (χ1v) is 8.35. The molecule has 0 N–H and O–H groups in total. The summed E-state index contributed by atoms with van der Waals surface area (Å²) in [4.78, 5) is 13.6. The van der Waals surface area contributed by atoms with Crippen LogP contribution in [0.1, 0.15) is 45.1 Å². The molecule has 0 bridgehead atoms. The molecule has 0 atom stereocenters. The molecule has 3 aromatic rings. The van der Waals surface area contributed by atoms with Crippen molar-refractivity contribution < 1.29 is 4.42 Å². The molecule has 4 nitrogen and oxygen atoms in total. The first-order valence-electron chi connectivity index (χ1n) is 8.35. The molecule has 23 heavy (non-hydrogen) atoms.